The first kappa shape index (κ1) is 48.8. The van der Waals surface area contributed by atoms with Crippen LogP contribution in [0.5, 0.6) is 0 Å². The van der Waals surface area contributed by atoms with Gasteiger partial charge in [-0.1, -0.05) is 148 Å². The molecule has 0 N–H and O–H groups in total. The maximum atomic E-state index is 7.50. The molecule has 5 nitrogen and oxygen atoms in total. The van der Waals surface area contributed by atoms with E-state index in [0.717, 1.165) is 81.2 Å². The fourth-order valence-corrected chi connectivity index (χ4v) is 10.9. The molecular weight excluding hydrogens is 1050 g/mol. The molecule has 0 amide bonds. The Balaban J connectivity index is 0.00000122. The molecule has 0 radical (unpaired) electrons. The first-order chi connectivity index (χ1) is 34.0. The summed E-state index contributed by atoms with van der Waals surface area (Å²) in [6, 6.07) is 66.1. The van der Waals surface area contributed by atoms with Crippen LogP contribution >= 0.6 is 0 Å². The van der Waals surface area contributed by atoms with Crippen molar-refractivity contribution in [3.05, 3.63) is 217 Å². The zero-order valence-electron chi connectivity index (χ0n) is 40.3. The number of hydrogen-bond donors (Lipinski definition) is 0. The number of nitrogens with zero attached hydrogens (tertiary/aromatic N) is 2. The van der Waals surface area contributed by atoms with Gasteiger partial charge in [0.25, 0.3) is 0 Å². The third kappa shape index (κ3) is 9.43. The van der Waals surface area contributed by atoms with Gasteiger partial charge in [0, 0.05) is 17.3 Å². The monoisotopic (exact) mass is 1100 g/mol. The number of pyridine rings is 2. The molecule has 2 aliphatic rings. The summed E-state index contributed by atoms with van der Waals surface area (Å²) in [6.45, 7) is 20.4. The third-order valence-corrected chi connectivity index (χ3v) is 13.9. The van der Waals surface area contributed by atoms with Crippen molar-refractivity contribution in [1.29, 1.82) is 0 Å². The summed E-state index contributed by atoms with van der Waals surface area (Å²) in [6.07, 6.45) is 6.26. The van der Waals surface area contributed by atoms with Crippen molar-refractivity contribution in [2.24, 2.45) is 10.8 Å². The minimum absolute atomic E-state index is 0. The number of rotatable bonds is 7. The van der Waals surface area contributed by atoms with Crippen LogP contribution in [0.25, 0.3) is 100 Å². The standard InChI is InChI=1S/C63H49N2O.2CO.Ir/c1-39-21-27-57-56-19-12-20-58(60(56)66-61(57)65-39)59-28-26-44(38-64-59)52-15-8-11-18-55(52)47-32-45(53-16-9-6-13-50(53)40-22-24-42-34-62(2,3)36-48(42)29-40)31-46(33-47)54-17-10-7-14-51(54)41-23-25-43-35-63(4,5)37-49(43)30-41;2*1-2;/h6-19,21-23,26-33,38H,34-37H2,1-5H3;;;/q-3;;;+3. The molecule has 71 heavy (non-hydrogen) atoms. The normalized spacial score (nSPS) is 13.8. The molecule has 0 bridgehead atoms. The number of hydrogen-bond acceptors (Lipinski definition) is 3. The molecule has 346 valence electrons. The Morgan fingerprint density at radius 2 is 0.972 bits per heavy atom. The van der Waals surface area contributed by atoms with E-state index >= 15 is 0 Å². The maximum Gasteiger partial charge on any atom is 3.00 e. The quantitative estimate of drug-likeness (QED) is 0.118. The second-order valence-electron chi connectivity index (χ2n) is 20.2. The maximum absolute atomic E-state index is 7.50. The summed E-state index contributed by atoms with van der Waals surface area (Å²) in [5.74, 6) is 0. The van der Waals surface area contributed by atoms with Gasteiger partial charge in [0.2, 0.25) is 5.71 Å². The Hall–Kier alpha value is -7.23. The van der Waals surface area contributed by atoms with Crippen molar-refractivity contribution in [2.75, 3.05) is 0 Å². The molecule has 0 fully saturated rings. The van der Waals surface area contributed by atoms with Gasteiger partial charge in [0.05, 0.1) is 5.58 Å². The molecule has 0 spiro atoms. The summed E-state index contributed by atoms with van der Waals surface area (Å²) < 4.78 is 21.3. The van der Waals surface area contributed by atoms with E-state index in [1.807, 2.05) is 31.3 Å². The Labute approximate surface area is 429 Å². The van der Waals surface area contributed by atoms with E-state index in [0.29, 0.717) is 5.71 Å². The largest absolute Gasteiger partial charge is 3.00 e. The minimum Gasteiger partial charge on any atom is 3.00 e. The van der Waals surface area contributed by atoms with Crippen molar-refractivity contribution < 1.29 is 33.8 Å². The van der Waals surface area contributed by atoms with Gasteiger partial charge in [-0.05, 0) is 111 Å². The van der Waals surface area contributed by atoms with Crippen LogP contribution in [0, 0.1) is 49.3 Å². The van der Waals surface area contributed by atoms with Crippen LogP contribution in [0.1, 0.15) is 55.6 Å². The molecule has 7 aromatic carbocycles. The molecule has 10 aromatic rings. The van der Waals surface area contributed by atoms with Gasteiger partial charge in [-0.25, -0.2) is 4.98 Å². The Kier molecular flexibility index (Phi) is 13.7. The van der Waals surface area contributed by atoms with Crippen LogP contribution in [0.15, 0.2) is 162 Å². The van der Waals surface area contributed by atoms with Crippen molar-refractivity contribution in [2.45, 2.75) is 60.3 Å². The van der Waals surface area contributed by atoms with Gasteiger partial charge in [-0.15, -0.1) is 29.3 Å². The average molecular weight is 1100 g/mol. The average Bonchev–Trinajstić information content (AvgIpc) is 4.04. The van der Waals surface area contributed by atoms with E-state index in [4.69, 9.17) is 18.7 Å². The van der Waals surface area contributed by atoms with E-state index in [1.165, 1.54) is 66.8 Å². The van der Waals surface area contributed by atoms with Crippen LogP contribution in [0.2, 0.25) is 0 Å². The summed E-state index contributed by atoms with van der Waals surface area (Å²) >= 11 is 0. The topological polar surface area (TPSA) is 78.7 Å². The Morgan fingerprint density at radius 1 is 0.507 bits per heavy atom. The van der Waals surface area contributed by atoms with Crippen molar-refractivity contribution in [1.82, 2.24) is 9.97 Å². The predicted octanol–water partition coefficient (Wildman–Crippen LogP) is 15.9. The molecule has 0 atom stereocenters. The second kappa shape index (κ2) is 19.9. The van der Waals surface area contributed by atoms with E-state index in [2.05, 4.69) is 198 Å². The molecule has 0 unspecified atom stereocenters. The first-order valence-electron chi connectivity index (χ1n) is 23.6. The summed E-state index contributed by atoms with van der Waals surface area (Å²) in [7, 11) is 0. The number of benzene rings is 7. The molecule has 0 aliphatic heterocycles. The van der Waals surface area contributed by atoms with Gasteiger partial charge in [-0.3, -0.25) is 0 Å². The Morgan fingerprint density at radius 3 is 1.44 bits per heavy atom. The fourth-order valence-electron chi connectivity index (χ4n) is 10.9. The molecule has 2 aliphatic carbocycles. The SMILES string of the molecule is Cc1ccc2c(n1)oc1c(-c3ccc(-c4ccccc4-c4cc(-c5ccccc5-c5c[c-]c6c(c5)CC(C)(C)C6)cc(-c5ccccc5-c5c[c-]c6c(c5)CC(C)(C)C6)c4)cn3)[c-]ccc12.[C-]#[O+].[C-]#[O+].[Ir+3]. The van der Waals surface area contributed by atoms with Crippen molar-refractivity contribution >= 4 is 22.1 Å². The zero-order valence-corrected chi connectivity index (χ0v) is 42.7. The van der Waals surface area contributed by atoms with Gasteiger partial charge in [-0.2, -0.15) is 58.7 Å². The number of fused-ring (bicyclic) bond motifs is 5. The predicted molar refractivity (Wildman–Crippen MR) is 279 cm³/mol. The fraction of sp³-hybridized carbons (Fsp3) is 0.169. The van der Waals surface area contributed by atoms with Crippen molar-refractivity contribution in [3.8, 4) is 78.0 Å². The van der Waals surface area contributed by atoms with Crippen LogP contribution in [-0.2, 0) is 55.1 Å². The Bertz CT molecular complexity index is 3530. The molecule has 6 heteroatoms. The van der Waals surface area contributed by atoms with E-state index in [9.17, 15) is 0 Å². The smallest absolute Gasteiger partial charge is 3.00 e. The first-order valence-corrected chi connectivity index (χ1v) is 23.6. The minimum atomic E-state index is 0. The number of furan rings is 1. The molecule has 0 saturated heterocycles. The second-order valence-corrected chi connectivity index (χ2v) is 20.2. The summed E-state index contributed by atoms with van der Waals surface area (Å²) in [5, 5.41) is 2.00. The number of aryl methyl sites for hydroxylation is 1. The third-order valence-electron chi connectivity index (χ3n) is 13.9. The van der Waals surface area contributed by atoms with Crippen molar-refractivity contribution in [3.63, 3.8) is 0 Å². The van der Waals surface area contributed by atoms with E-state index in [-0.39, 0.29) is 30.9 Å². The van der Waals surface area contributed by atoms with Gasteiger partial charge in [0.15, 0.2) is 0 Å². The van der Waals surface area contributed by atoms with E-state index in [1.54, 1.807) is 0 Å². The number of aromatic nitrogens is 2. The van der Waals surface area contributed by atoms with E-state index < -0.39 is 0 Å². The van der Waals surface area contributed by atoms with Gasteiger partial charge >= 0.3 is 42.7 Å². The van der Waals surface area contributed by atoms with Gasteiger partial charge < -0.3 is 9.40 Å². The van der Waals surface area contributed by atoms with Gasteiger partial charge in [0.1, 0.15) is 0 Å². The summed E-state index contributed by atoms with van der Waals surface area (Å²) in [5.41, 5.74) is 23.9. The molecular formula is C65H49IrN2O3. The molecule has 3 aromatic heterocycles. The summed E-state index contributed by atoms with van der Waals surface area (Å²) in [4.78, 5) is 9.73. The van der Waals surface area contributed by atoms with Crippen LogP contribution in [0.4, 0.5) is 0 Å². The molecule has 12 rings (SSSR count). The van der Waals surface area contributed by atoms with Crippen LogP contribution < -0.4 is 0 Å². The van der Waals surface area contributed by atoms with Crippen LogP contribution in [-0.4, -0.2) is 9.97 Å². The molecule has 0 saturated carbocycles. The molecule has 3 heterocycles. The van der Waals surface area contributed by atoms with Crippen LogP contribution in [0.3, 0.4) is 0 Å². The zero-order chi connectivity index (χ0) is 48.7.